The van der Waals surface area contributed by atoms with Gasteiger partial charge in [-0.25, -0.2) is 87.8 Å². The monoisotopic (exact) mass is 1010 g/mol. The molecule has 0 saturated carbocycles. The molecular weight excluding hydrogens is 993 g/mol. The summed E-state index contributed by atoms with van der Waals surface area (Å²) in [6.07, 6.45) is -5.02. The van der Waals surface area contributed by atoms with E-state index in [4.69, 9.17) is 0 Å². The van der Waals surface area contributed by atoms with E-state index in [0.29, 0.717) is 0 Å². The second-order valence-corrected chi connectivity index (χ2v) is 15.6. The van der Waals surface area contributed by atoms with E-state index in [9.17, 15) is 52.7 Å². The molecule has 0 amide bonds. The van der Waals surface area contributed by atoms with Crippen LogP contribution in [0.3, 0.4) is 0 Å². The minimum atomic E-state index is -7.22. The van der Waals surface area contributed by atoms with Gasteiger partial charge in [0.05, 0.1) is 5.92 Å². The highest BCUT2D eigenvalue weighted by molar-refractivity contribution is 7.20. The summed E-state index contributed by atoms with van der Waals surface area (Å²) in [5.74, 6) is -71.1. The first-order valence-electron chi connectivity index (χ1n) is 20.1. The van der Waals surface area contributed by atoms with Gasteiger partial charge in [0.15, 0.2) is 88.2 Å². The predicted molar refractivity (Wildman–Crippen MR) is 214 cm³/mol. The highest BCUT2D eigenvalue weighted by Crippen LogP contribution is 2.47. The number of aromatic nitrogens is 1. The zero-order valence-corrected chi connectivity index (χ0v) is 34.7. The van der Waals surface area contributed by atoms with E-state index in [1.54, 1.807) is 0 Å². The summed E-state index contributed by atoms with van der Waals surface area (Å²) >= 11 is 0. The van der Waals surface area contributed by atoms with Crippen molar-refractivity contribution in [1.82, 2.24) is 0 Å². The normalized spacial score (nSPS) is 12.2. The number of fused-ring (bicyclic) bond motifs is 3. The van der Waals surface area contributed by atoms with Crippen molar-refractivity contribution >= 4 is 28.0 Å². The third-order valence-corrected chi connectivity index (χ3v) is 12.0. The van der Waals surface area contributed by atoms with Gasteiger partial charge in [-0.2, -0.15) is 4.57 Å². The van der Waals surface area contributed by atoms with Gasteiger partial charge in [0.2, 0.25) is 0 Å². The lowest BCUT2D eigenvalue weighted by atomic mass is 9.12. The Labute approximate surface area is 385 Å². The molecule has 0 unspecified atom stereocenters. The molecule has 9 rings (SSSR count). The summed E-state index contributed by atoms with van der Waals surface area (Å²) in [7, 11) is 0. The van der Waals surface area contributed by atoms with Crippen molar-refractivity contribution in [3.8, 4) is 11.1 Å². The molecule has 0 atom stereocenters. The van der Waals surface area contributed by atoms with Crippen LogP contribution in [0.4, 0.5) is 87.8 Å². The highest BCUT2D eigenvalue weighted by Gasteiger charge is 2.52. The Morgan fingerprint density at radius 3 is 0.887 bits per heavy atom. The molecule has 364 valence electrons. The molecule has 8 aromatic rings. The van der Waals surface area contributed by atoms with E-state index in [1.165, 1.54) is 33.5 Å². The maximum atomic E-state index is 15.4. The number of hydrogen-bond donors (Lipinski definition) is 0. The Bertz CT molecular complexity index is 3050. The van der Waals surface area contributed by atoms with E-state index < -0.39 is 144 Å². The first-order chi connectivity index (χ1) is 33.6. The summed E-state index contributed by atoms with van der Waals surface area (Å²) in [6.45, 7) is 0.887. The zero-order chi connectivity index (χ0) is 51.7. The fourth-order valence-corrected chi connectivity index (χ4v) is 9.02. The van der Waals surface area contributed by atoms with Gasteiger partial charge in [-0.15, -0.1) is 21.9 Å². The second-order valence-electron chi connectivity index (χ2n) is 15.6. The molecule has 0 N–H and O–H groups in total. The van der Waals surface area contributed by atoms with Gasteiger partial charge in [-0.3, -0.25) is 0 Å². The van der Waals surface area contributed by atoms with Crippen LogP contribution in [0, 0.1) is 116 Å². The topological polar surface area (TPSA) is 3.88 Å². The van der Waals surface area contributed by atoms with Crippen LogP contribution in [0.15, 0.2) is 103 Å². The molecule has 22 heteroatoms. The lowest BCUT2D eigenvalue weighted by molar-refractivity contribution is -0.696. The lowest BCUT2D eigenvalue weighted by Gasteiger charge is -2.44. The molecule has 0 fully saturated rings. The molecule has 1 nitrogen and oxygen atoms in total. The van der Waals surface area contributed by atoms with Crippen molar-refractivity contribution < 1.29 is 92.4 Å². The van der Waals surface area contributed by atoms with Gasteiger partial charge in [0, 0.05) is 17.7 Å². The van der Waals surface area contributed by atoms with Crippen LogP contribution in [-0.2, 0) is 6.54 Å². The number of benzene rings is 7. The van der Waals surface area contributed by atoms with E-state index in [-0.39, 0.29) is 5.92 Å². The summed E-state index contributed by atoms with van der Waals surface area (Å²) in [6, 6.07) is 34.9. The number of nitrogens with zero attached hydrogens (tertiary/aromatic N) is 1. The fourth-order valence-electron chi connectivity index (χ4n) is 9.02. The molecule has 1 aromatic heterocycles. The average Bonchev–Trinajstić information content (AvgIpc) is 3.71. The minimum Gasteiger partial charge on any atom is -0.207 e. The van der Waals surface area contributed by atoms with Crippen LogP contribution in [0.1, 0.15) is 28.3 Å². The minimum absolute atomic E-state index is 0.285. The van der Waals surface area contributed by atoms with Crippen LogP contribution in [-0.4, -0.2) is 6.15 Å². The zero-order valence-electron chi connectivity index (χ0n) is 34.7. The third-order valence-electron chi connectivity index (χ3n) is 12.0. The summed E-state index contributed by atoms with van der Waals surface area (Å²) in [4.78, 5) is 0. The van der Waals surface area contributed by atoms with Crippen molar-refractivity contribution in [2.45, 2.75) is 12.5 Å². The van der Waals surface area contributed by atoms with Crippen LogP contribution < -0.4 is 26.4 Å². The molecule has 0 saturated heterocycles. The number of halogens is 20. The molecule has 1 heterocycles. The molecule has 0 spiro atoms. The van der Waals surface area contributed by atoms with Gasteiger partial charge in [-0.05, 0) is 22.3 Å². The van der Waals surface area contributed by atoms with Crippen molar-refractivity contribution in [2.24, 2.45) is 0 Å². The molecule has 1 aliphatic carbocycles. The van der Waals surface area contributed by atoms with E-state index in [0.717, 1.165) is 6.54 Å². The average molecular weight is 1010 g/mol. The molecular formula is C49H20BF20N. The second kappa shape index (κ2) is 18.6. The molecule has 0 aliphatic heterocycles. The van der Waals surface area contributed by atoms with Crippen LogP contribution in [0.25, 0.3) is 11.1 Å². The maximum Gasteiger partial charge on any atom is 0.200 e. The quantitative estimate of drug-likeness (QED) is 0.0493. The van der Waals surface area contributed by atoms with Crippen molar-refractivity contribution in [3.05, 3.63) is 242 Å². The Kier molecular flexibility index (Phi) is 13.0. The van der Waals surface area contributed by atoms with Gasteiger partial charge in [0.25, 0.3) is 0 Å². The highest BCUT2D eigenvalue weighted by atomic mass is 19.2. The van der Waals surface area contributed by atoms with Crippen LogP contribution in [0.2, 0.25) is 0 Å². The summed E-state index contributed by atoms with van der Waals surface area (Å²) < 4.78 is 296. The van der Waals surface area contributed by atoms with Gasteiger partial charge >= 0.3 is 0 Å². The van der Waals surface area contributed by atoms with Crippen molar-refractivity contribution in [1.29, 1.82) is 0 Å². The third kappa shape index (κ3) is 7.56. The smallest absolute Gasteiger partial charge is 0.200 e. The molecule has 7 aromatic carbocycles. The first kappa shape index (κ1) is 49.8. The molecule has 0 bridgehead atoms. The Morgan fingerprint density at radius 2 is 0.563 bits per heavy atom. The number of rotatable bonds is 7. The Morgan fingerprint density at radius 1 is 0.296 bits per heavy atom. The maximum absolute atomic E-state index is 15.4. The SMILES string of the molecule is Fc1c(F)c(F)c([B-](c2c(F)c(F)c(F)c(F)c2F)(c2c(F)c(F)c(F)c(F)c2F)c2c(F)c(F)c(F)c(F)c2F)c(F)c1F.c1ccc(C[n+]2ccccc2C2c3ccccc3-c3ccccc32)cc1. The standard InChI is InChI=1S/C25H20N.C24BF20/c1-2-10-19(11-3-1)18-26-17-9-8-16-24(26)25-22-14-6-4-12-20(22)21-13-5-7-15-23(21)25;26-5-1(6(27)14(35)21(42)13(5)34)25(2-7(28)15(36)22(43)16(37)8(2)29,3-9(30)17(38)23(44)18(39)10(3)31)4-11(32)19(40)24(45)20(41)12(4)33/h1-17,25H,18H2;/q+1;-1. The molecule has 1 aliphatic rings. The van der Waals surface area contributed by atoms with Crippen LogP contribution in [0.5, 0.6) is 0 Å². The van der Waals surface area contributed by atoms with Crippen molar-refractivity contribution in [2.75, 3.05) is 0 Å². The summed E-state index contributed by atoms with van der Waals surface area (Å²) in [5.41, 5.74) is -6.13. The Hall–Kier alpha value is -7.65. The number of hydrogen-bond acceptors (Lipinski definition) is 0. The molecule has 71 heavy (non-hydrogen) atoms. The lowest BCUT2D eigenvalue weighted by Crippen LogP contribution is -2.81. The van der Waals surface area contributed by atoms with Crippen molar-refractivity contribution in [3.63, 3.8) is 0 Å². The molecule has 0 radical (unpaired) electrons. The predicted octanol–water partition coefficient (Wildman–Crippen LogP) is 11.0. The van der Waals surface area contributed by atoms with E-state index in [1.807, 2.05) is 0 Å². The largest absolute Gasteiger partial charge is 0.207 e. The van der Waals surface area contributed by atoms with E-state index >= 15 is 35.1 Å². The van der Waals surface area contributed by atoms with Gasteiger partial charge in [0.1, 0.15) is 52.7 Å². The summed E-state index contributed by atoms with van der Waals surface area (Å²) in [5, 5.41) is 0. The van der Waals surface area contributed by atoms with Crippen LogP contribution >= 0.6 is 0 Å². The fraction of sp³-hybridized carbons (Fsp3) is 0.0408. The van der Waals surface area contributed by atoms with E-state index in [2.05, 4.69) is 108 Å². The first-order valence-corrected chi connectivity index (χ1v) is 20.1. The number of pyridine rings is 1. The van der Waals surface area contributed by atoms with Gasteiger partial charge in [-0.1, -0.05) is 84.9 Å². The Balaban J connectivity index is 0.000000218. The van der Waals surface area contributed by atoms with Gasteiger partial charge < -0.3 is 0 Å².